The Morgan fingerprint density at radius 1 is 0.685 bits per heavy atom. The van der Waals surface area contributed by atoms with Crippen molar-refractivity contribution >= 4 is 29.4 Å². The second kappa shape index (κ2) is 27.5. The molecule has 0 bridgehead atoms. The maximum absolute atomic E-state index is 14.7. The molecule has 0 aliphatic carbocycles. The van der Waals surface area contributed by atoms with Crippen molar-refractivity contribution in [1.29, 1.82) is 0 Å². The summed E-state index contributed by atoms with van der Waals surface area (Å²) in [4.78, 5) is 71.9. The van der Waals surface area contributed by atoms with Crippen LogP contribution in [0, 0.1) is 5.92 Å². The number of benzene rings is 1. The van der Waals surface area contributed by atoms with E-state index in [9.17, 15) is 34.2 Å². The molecule has 0 spiro atoms. The van der Waals surface area contributed by atoms with E-state index in [-0.39, 0.29) is 43.5 Å². The summed E-state index contributed by atoms with van der Waals surface area (Å²) in [5.74, 6) is -7.99. The van der Waals surface area contributed by atoms with Gasteiger partial charge < -0.3 is 38.9 Å². The number of carbonyl (C=O) groups is 5. The monoisotopic (exact) mass is 761 g/mol. The quantitative estimate of drug-likeness (QED) is 0.0408. The van der Waals surface area contributed by atoms with Crippen LogP contribution in [0.2, 0.25) is 0 Å². The molecule has 13 heteroatoms. The van der Waals surface area contributed by atoms with Crippen molar-refractivity contribution < 1.29 is 34.2 Å². The maximum atomic E-state index is 14.7. The average Bonchev–Trinajstić information content (AvgIpc) is 3.15. The second-order valence-electron chi connectivity index (χ2n) is 14.8. The Bertz CT molecular complexity index is 1250. The molecular weight excluding hydrogens is 688 g/mol. The van der Waals surface area contributed by atoms with Crippen molar-refractivity contribution in [1.82, 2.24) is 4.90 Å². The number of amides is 2. The van der Waals surface area contributed by atoms with E-state index in [1.807, 2.05) is 0 Å². The number of hydrogen-bond acceptors (Lipinski definition) is 11. The SMILES string of the molecule is CCCCCCCCCCCCCCCC(=O)C(CCCN)C(C(=O)O)(C(=O)C(N)CCCCN)N(C(=O)C(N)Cc1ccccc1)C(=O)C(N)C(C)O. The highest BCUT2D eigenvalue weighted by Crippen LogP contribution is 2.36. The first-order chi connectivity index (χ1) is 25.8. The first-order valence-corrected chi connectivity index (χ1v) is 20.4. The number of Topliss-reactive ketones (excluding diaryl/α,β-unsaturated/α-hetero) is 2. The third kappa shape index (κ3) is 15.6. The van der Waals surface area contributed by atoms with Crippen LogP contribution in [0.15, 0.2) is 30.3 Å². The zero-order valence-corrected chi connectivity index (χ0v) is 33.1. The lowest BCUT2D eigenvalue weighted by Gasteiger charge is -2.45. The van der Waals surface area contributed by atoms with Crippen molar-refractivity contribution in [3.8, 4) is 0 Å². The summed E-state index contributed by atoms with van der Waals surface area (Å²) >= 11 is 0. The second-order valence-corrected chi connectivity index (χ2v) is 14.8. The first-order valence-electron chi connectivity index (χ1n) is 20.4. The van der Waals surface area contributed by atoms with Crippen molar-refractivity contribution in [3.63, 3.8) is 0 Å². The lowest BCUT2D eigenvalue weighted by Crippen LogP contribution is -2.75. The van der Waals surface area contributed by atoms with Gasteiger partial charge in [0.1, 0.15) is 11.8 Å². The average molecular weight is 761 g/mol. The highest BCUT2D eigenvalue weighted by Gasteiger charge is 2.64. The first kappa shape index (κ1) is 48.9. The van der Waals surface area contributed by atoms with E-state index in [2.05, 4.69) is 6.92 Å². The molecule has 1 aromatic rings. The van der Waals surface area contributed by atoms with Crippen LogP contribution in [0.4, 0.5) is 0 Å². The summed E-state index contributed by atoms with van der Waals surface area (Å²) in [5.41, 5.74) is 27.9. The molecule has 0 aliphatic heterocycles. The molecule has 12 N–H and O–H groups in total. The highest BCUT2D eigenvalue weighted by molar-refractivity contribution is 6.20. The minimum Gasteiger partial charge on any atom is -0.479 e. The number of rotatable bonds is 32. The van der Waals surface area contributed by atoms with Crippen molar-refractivity contribution in [2.24, 2.45) is 34.6 Å². The van der Waals surface area contributed by atoms with E-state index in [4.69, 9.17) is 28.7 Å². The standard InChI is InChI=1S/C41H72N6O7/c1-3-4-5-6-7-8-9-10-11-12-13-14-18-26-35(49)32(24-21-28-43)41(40(53)54,37(50)33(44)25-19-20-27-42)47(39(52)36(46)30(2)48)38(51)34(45)29-31-22-16-15-17-23-31/h15-17,22-23,30,32-34,36,48H,3-14,18-21,24-29,42-46H2,1-2H3,(H,53,54). The number of aliphatic hydroxyl groups excluding tert-OH is 1. The Morgan fingerprint density at radius 3 is 1.69 bits per heavy atom. The fourth-order valence-electron chi connectivity index (χ4n) is 7.06. The van der Waals surface area contributed by atoms with Gasteiger partial charge in [0.25, 0.3) is 0 Å². The van der Waals surface area contributed by atoms with Gasteiger partial charge in [-0.2, -0.15) is 0 Å². The molecule has 0 saturated heterocycles. The Balaban J connectivity index is 3.53. The molecule has 0 aliphatic rings. The predicted molar refractivity (Wildman–Crippen MR) is 213 cm³/mol. The number of carbonyl (C=O) groups excluding carboxylic acids is 4. The molecular formula is C41H72N6O7. The van der Waals surface area contributed by atoms with E-state index < -0.39 is 65.0 Å². The Kier molecular flexibility index (Phi) is 24.9. The number of hydrogen-bond donors (Lipinski definition) is 7. The Morgan fingerprint density at radius 2 is 1.20 bits per heavy atom. The lowest BCUT2D eigenvalue weighted by atomic mass is 9.70. The van der Waals surface area contributed by atoms with Gasteiger partial charge in [-0.25, -0.2) is 4.79 Å². The largest absolute Gasteiger partial charge is 0.479 e. The number of carboxylic acid groups (broad SMARTS) is 1. The molecule has 0 saturated carbocycles. The number of carboxylic acids is 1. The van der Waals surface area contributed by atoms with Crippen LogP contribution in [0.5, 0.6) is 0 Å². The molecule has 13 nitrogen and oxygen atoms in total. The molecule has 0 fully saturated rings. The zero-order chi connectivity index (χ0) is 40.5. The Hall–Kier alpha value is -3.07. The van der Waals surface area contributed by atoms with Crippen molar-refractivity contribution in [3.05, 3.63) is 35.9 Å². The molecule has 2 amide bonds. The summed E-state index contributed by atoms with van der Waals surface area (Å²) in [6.45, 7) is 3.74. The lowest BCUT2D eigenvalue weighted by molar-refractivity contribution is -0.179. The van der Waals surface area contributed by atoms with Gasteiger partial charge in [-0.3, -0.25) is 24.1 Å². The van der Waals surface area contributed by atoms with Gasteiger partial charge in [0.05, 0.1) is 24.1 Å². The van der Waals surface area contributed by atoms with Crippen LogP contribution in [-0.2, 0) is 30.4 Å². The predicted octanol–water partition coefficient (Wildman–Crippen LogP) is 3.87. The topological polar surface area (TPSA) is 259 Å². The number of nitrogens with two attached hydrogens (primary N) is 5. The van der Waals surface area contributed by atoms with Crippen LogP contribution < -0.4 is 28.7 Å². The van der Waals surface area contributed by atoms with Gasteiger partial charge >= 0.3 is 5.97 Å². The van der Waals surface area contributed by atoms with Gasteiger partial charge in [0, 0.05) is 6.42 Å². The zero-order valence-electron chi connectivity index (χ0n) is 33.1. The van der Waals surface area contributed by atoms with Crippen LogP contribution in [0.3, 0.4) is 0 Å². The van der Waals surface area contributed by atoms with E-state index in [0.29, 0.717) is 37.8 Å². The Labute approximate surface area is 323 Å². The number of ketones is 2. The third-order valence-corrected chi connectivity index (χ3v) is 10.3. The van der Waals surface area contributed by atoms with E-state index in [1.165, 1.54) is 51.9 Å². The third-order valence-electron chi connectivity index (χ3n) is 10.3. The molecule has 0 heterocycles. The minimum absolute atomic E-state index is 0.0174. The number of aliphatic carboxylic acids is 1. The van der Waals surface area contributed by atoms with E-state index >= 15 is 0 Å². The minimum atomic E-state index is -3.11. The summed E-state index contributed by atoms with van der Waals surface area (Å²) in [6.07, 6.45) is 13.0. The van der Waals surface area contributed by atoms with Gasteiger partial charge in [-0.05, 0) is 64.1 Å². The molecule has 6 unspecified atom stereocenters. The number of imide groups is 1. The van der Waals surface area contributed by atoms with Crippen LogP contribution in [-0.4, -0.2) is 87.3 Å². The molecule has 0 radical (unpaired) electrons. The maximum Gasteiger partial charge on any atom is 0.338 e. The van der Waals surface area contributed by atoms with Gasteiger partial charge in [0.15, 0.2) is 5.78 Å². The number of nitrogens with zero attached hydrogens (tertiary/aromatic N) is 1. The molecule has 0 aromatic heterocycles. The highest BCUT2D eigenvalue weighted by atomic mass is 16.4. The van der Waals surface area contributed by atoms with Crippen molar-refractivity contribution in [2.45, 2.75) is 172 Å². The molecule has 1 aromatic carbocycles. The van der Waals surface area contributed by atoms with E-state index in [0.717, 1.165) is 25.7 Å². The molecule has 308 valence electrons. The van der Waals surface area contributed by atoms with Gasteiger partial charge in [-0.1, -0.05) is 121 Å². The van der Waals surface area contributed by atoms with Gasteiger partial charge in [-0.15, -0.1) is 0 Å². The number of unbranched alkanes of at least 4 members (excludes halogenated alkanes) is 13. The van der Waals surface area contributed by atoms with Crippen molar-refractivity contribution in [2.75, 3.05) is 13.1 Å². The normalized spacial score (nSPS) is 15.4. The molecule has 1 rings (SSSR count). The summed E-state index contributed by atoms with van der Waals surface area (Å²) in [6, 6.07) is 3.77. The smallest absolute Gasteiger partial charge is 0.338 e. The summed E-state index contributed by atoms with van der Waals surface area (Å²) in [5, 5.41) is 21.6. The fourth-order valence-corrected chi connectivity index (χ4v) is 7.06. The van der Waals surface area contributed by atoms with Gasteiger partial charge in [0.2, 0.25) is 17.4 Å². The molecule has 6 atom stereocenters. The molecule has 54 heavy (non-hydrogen) atoms. The summed E-state index contributed by atoms with van der Waals surface area (Å²) < 4.78 is 0. The van der Waals surface area contributed by atoms with Crippen LogP contribution in [0.1, 0.15) is 141 Å². The van der Waals surface area contributed by atoms with E-state index in [1.54, 1.807) is 30.3 Å². The number of aliphatic hydroxyl groups is 1. The van der Waals surface area contributed by atoms with Crippen LogP contribution >= 0.6 is 0 Å². The summed E-state index contributed by atoms with van der Waals surface area (Å²) in [7, 11) is 0. The van der Waals surface area contributed by atoms with Crippen LogP contribution in [0.25, 0.3) is 0 Å². The fraction of sp³-hybridized carbons (Fsp3) is 0.732.